The molecule has 2 rings (SSSR count). The number of hydrogen-bond donors (Lipinski definition) is 1. The van der Waals surface area contributed by atoms with Crippen molar-refractivity contribution in [3.63, 3.8) is 0 Å². The first-order valence-electron chi connectivity index (χ1n) is 6.53. The first kappa shape index (κ1) is 15.0. The molecule has 1 aliphatic heterocycles. The third kappa shape index (κ3) is 3.56. The SMILES string of the molecule is CCN1CCCC1CNS(=O)(=O)c1ccccc1Br. The van der Waals surface area contributed by atoms with E-state index in [1.807, 2.05) is 0 Å². The lowest BCUT2D eigenvalue weighted by atomic mass is 10.2. The molecule has 1 aromatic rings. The summed E-state index contributed by atoms with van der Waals surface area (Å²) in [5.74, 6) is 0. The molecule has 0 aromatic heterocycles. The molecule has 4 nitrogen and oxygen atoms in total. The molecule has 1 unspecified atom stereocenters. The molecule has 0 spiro atoms. The third-order valence-corrected chi connectivity index (χ3v) is 5.98. The van der Waals surface area contributed by atoms with Crippen molar-refractivity contribution in [2.75, 3.05) is 19.6 Å². The Morgan fingerprint density at radius 1 is 1.42 bits per heavy atom. The maximum Gasteiger partial charge on any atom is 0.241 e. The van der Waals surface area contributed by atoms with E-state index in [4.69, 9.17) is 0 Å². The molecule has 1 saturated heterocycles. The van der Waals surface area contributed by atoms with Gasteiger partial charge < -0.3 is 0 Å². The lowest BCUT2D eigenvalue weighted by Crippen LogP contribution is -2.40. The van der Waals surface area contributed by atoms with Gasteiger partial charge in [0.15, 0.2) is 0 Å². The summed E-state index contributed by atoms with van der Waals surface area (Å²) in [7, 11) is -3.43. The molecule has 1 N–H and O–H groups in total. The summed E-state index contributed by atoms with van der Waals surface area (Å²) in [6.45, 7) is 4.64. The minimum atomic E-state index is -3.43. The number of sulfonamides is 1. The molecule has 19 heavy (non-hydrogen) atoms. The van der Waals surface area contributed by atoms with Crippen molar-refractivity contribution in [3.05, 3.63) is 28.7 Å². The highest BCUT2D eigenvalue weighted by molar-refractivity contribution is 9.10. The second-order valence-corrected chi connectivity index (χ2v) is 7.30. The molecular formula is C13H19BrN2O2S. The Labute approximate surface area is 123 Å². The second kappa shape index (κ2) is 6.35. The maximum atomic E-state index is 12.2. The Balaban J connectivity index is 2.04. The summed E-state index contributed by atoms with van der Waals surface area (Å²) < 4.78 is 27.8. The maximum absolute atomic E-state index is 12.2. The van der Waals surface area contributed by atoms with Crippen molar-refractivity contribution in [2.24, 2.45) is 0 Å². The number of likely N-dealkylation sites (tertiary alicyclic amines) is 1. The molecule has 0 aliphatic carbocycles. The van der Waals surface area contributed by atoms with Crippen LogP contribution in [0.15, 0.2) is 33.6 Å². The van der Waals surface area contributed by atoms with Gasteiger partial charge in [0.05, 0.1) is 4.90 Å². The smallest absolute Gasteiger partial charge is 0.241 e. The first-order chi connectivity index (χ1) is 9.04. The predicted molar refractivity (Wildman–Crippen MR) is 79.6 cm³/mol. The third-order valence-electron chi connectivity index (χ3n) is 3.54. The number of benzene rings is 1. The van der Waals surface area contributed by atoms with E-state index in [-0.39, 0.29) is 0 Å². The van der Waals surface area contributed by atoms with Crippen molar-refractivity contribution in [2.45, 2.75) is 30.7 Å². The quantitative estimate of drug-likeness (QED) is 0.889. The van der Waals surface area contributed by atoms with Crippen LogP contribution < -0.4 is 4.72 Å². The zero-order valence-corrected chi connectivity index (χ0v) is 13.4. The van der Waals surface area contributed by atoms with E-state index >= 15 is 0 Å². The number of halogens is 1. The van der Waals surface area contributed by atoms with Gasteiger partial charge in [-0.3, -0.25) is 4.90 Å². The fourth-order valence-corrected chi connectivity index (χ4v) is 4.56. The normalized spacial score (nSPS) is 20.8. The number of nitrogens with zero attached hydrogens (tertiary/aromatic N) is 1. The van der Waals surface area contributed by atoms with E-state index in [1.165, 1.54) is 0 Å². The number of hydrogen-bond acceptors (Lipinski definition) is 3. The van der Waals surface area contributed by atoms with Crippen LogP contribution >= 0.6 is 15.9 Å². The van der Waals surface area contributed by atoms with Crippen molar-refractivity contribution < 1.29 is 8.42 Å². The Bertz CT molecular complexity index is 533. The van der Waals surface area contributed by atoms with Gasteiger partial charge in [0.25, 0.3) is 0 Å². The van der Waals surface area contributed by atoms with Gasteiger partial charge in [0.2, 0.25) is 10.0 Å². The van der Waals surface area contributed by atoms with Crippen LogP contribution in [0.1, 0.15) is 19.8 Å². The molecule has 1 aromatic carbocycles. The van der Waals surface area contributed by atoms with E-state index in [1.54, 1.807) is 24.3 Å². The van der Waals surface area contributed by atoms with E-state index in [0.29, 0.717) is 22.0 Å². The van der Waals surface area contributed by atoms with E-state index in [2.05, 4.69) is 32.5 Å². The Morgan fingerprint density at radius 3 is 2.84 bits per heavy atom. The van der Waals surface area contributed by atoms with Crippen LogP contribution in [0, 0.1) is 0 Å². The zero-order chi connectivity index (χ0) is 13.9. The summed E-state index contributed by atoms with van der Waals surface area (Å²) in [6.07, 6.45) is 2.21. The molecule has 1 fully saturated rings. The first-order valence-corrected chi connectivity index (χ1v) is 8.80. The summed E-state index contributed by atoms with van der Waals surface area (Å²) in [4.78, 5) is 2.62. The average molecular weight is 347 g/mol. The van der Waals surface area contributed by atoms with Gasteiger partial charge in [-0.05, 0) is 54.0 Å². The predicted octanol–water partition coefficient (Wildman–Crippen LogP) is 2.21. The van der Waals surface area contributed by atoms with Crippen LogP contribution in [0.25, 0.3) is 0 Å². The molecule has 106 valence electrons. The van der Waals surface area contributed by atoms with Crippen LogP contribution in [-0.2, 0) is 10.0 Å². The van der Waals surface area contributed by atoms with Crippen LogP contribution in [0.3, 0.4) is 0 Å². The Hall–Kier alpha value is -0.430. The molecular weight excluding hydrogens is 328 g/mol. The summed E-state index contributed by atoms with van der Waals surface area (Å²) in [5, 5.41) is 0. The van der Waals surface area contributed by atoms with Crippen LogP contribution in [-0.4, -0.2) is 39.0 Å². The molecule has 1 heterocycles. The lowest BCUT2D eigenvalue weighted by molar-refractivity contribution is 0.268. The van der Waals surface area contributed by atoms with Crippen LogP contribution in [0.4, 0.5) is 0 Å². The summed E-state index contributed by atoms with van der Waals surface area (Å²) in [5.41, 5.74) is 0. The van der Waals surface area contributed by atoms with Gasteiger partial charge in [-0.1, -0.05) is 19.1 Å². The van der Waals surface area contributed by atoms with Gasteiger partial charge in [-0.25, -0.2) is 13.1 Å². The molecule has 6 heteroatoms. The topological polar surface area (TPSA) is 49.4 Å². The van der Waals surface area contributed by atoms with Gasteiger partial charge in [-0.2, -0.15) is 0 Å². The molecule has 0 radical (unpaired) electrons. The molecule has 0 amide bonds. The Morgan fingerprint density at radius 2 is 2.16 bits per heavy atom. The molecule has 1 aliphatic rings. The van der Waals surface area contributed by atoms with Crippen molar-refractivity contribution in [1.29, 1.82) is 0 Å². The fourth-order valence-electron chi connectivity index (χ4n) is 2.49. The zero-order valence-electron chi connectivity index (χ0n) is 11.0. The van der Waals surface area contributed by atoms with E-state index in [0.717, 1.165) is 25.9 Å². The van der Waals surface area contributed by atoms with Gasteiger partial charge in [0.1, 0.15) is 0 Å². The number of nitrogens with one attached hydrogen (secondary N) is 1. The van der Waals surface area contributed by atoms with Gasteiger partial charge >= 0.3 is 0 Å². The highest BCUT2D eigenvalue weighted by Gasteiger charge is 2.25. The van der Waals surface area contributed by atoms with Crippen molar-refractivity contribution in [3.8, 4) is 0 Å². The van der Waals surface area contributed by atoms with Crippen molar-refractivity contribution in [1.82, 2.24) is 9.62 Å². The molecule has 0 bridgehead atoms. The summed E-state index contributed by atoms with van der Waals surface area (Å²) >= 11 is 3.28. The largest absolute Gasteiger partial charge is 0.299 e. The minimum Gasteiger partial charge on any atom is -0.299 e. The van der Waals surface area contributed by atoms with E-state index < -0.39 is 10.0 Å². The average Bonchev–Trinajstić information content (AvgIpc) is 2.84. The number of likely N-dealkylation sites (N-methyl/N-ethyl adjacent to an activating group) is 1. The van der Waals surface area contributed by atoms with Gasteiger partial charge in [-0.15, -0.1) is 0 Å². The molecule has 0 saturated carbocycles. The monoisotopic (exact) mass is 346 g/mol. The minimum absolute atomic E-state index is 0.302. The fraction of sp³-hybridized carbons (Fsp3) is 0.538. The summed E-state index contributed by atoms with van der Waals surface area (Å²) in [6, 6.07) is 7.20. The lowest BCUT2D eigenvalue weighted by Gasteiger charge is -2.22. The number of rotatable bonds is 5. The highest BCUT2D eigenvalue weighted by Crippen LogP contribution is 2.22. The van der Waals surface area contributed by atoms with Crippen LogP contribution in [0.2, 0.25) is 0 Å². The van der Waals surface area contributed by atoms with Gasteiger partial charge in [0, 0.05) is 17.1 Å². The highest BCUT2D eigenvalue weighted by atomic mass is 79.9. The molecule has 1 atom stereocenters. The van der Waals surface area contributed by atoms with Crippen molar-refractivity contribution >= 4 is 26.0 Å². The Kier molecular flexibility index (Phi) is 5.00. The standard InChI is InChI=1S/C13H19BrN2O2S/c1-2-16-9-5-6-11(16)10-15-19(17,18)13-8-4-3-7-12(13)14/h3-4,7-8,11,15H,2,5-6,9-10H2,1H3. The van der Waals surface area contributed by atoms with E-state index in [9.17, 15) is 8.42 Å². The second-order valence-electron chi connectivity index (χ2n) is 4.71. The van der Waals surface area contributed by atoms with Crippen LogP contribution in [0.5, 0.6) is 0 Å².